The fourth-order valence-corrected chi connectivity index (χ4v) is 7.01. The minimum Gasteiger partial charge on any atom is -0.462 e. The van der Waals surface area contributed by atoms with Crippen molar-refractivity contribution < 1.29 is 49.0 Å². The van der Waals surface area contributed by atoms with Crippen LogP contribution in [0.4, 0.5) is 0 Å². The van der Waals surface area contributed by atoms with Crippen molar-refractivity contribution in [2.75, 3.05) is 19.8 Å². The molecule has 1 aliphatic heterocycles. The molecule has 1 heterocycles. The number of carbonyl (C=O) groups is 2. The van der Waals surface area contributed by atoms with Crippen LogP contribution in [-0.2, 0) is 28.5 Å². The number of esters is 2. The van der Waals surface area contributed by atoms with E-state index in [-0.39, 0.29) is 32.0 Å². The second-order valence-corrected chi connectivity index (χ2v) is 15.9. The molecule has 0 radical (unpaired) electrons. The van der Waals surface area contributed by atoms with Gasteiger partial charge in [0.25, 0.3) is 0 Å². The summed E-state index contributed by atoms with van der Waals surface area (Å²) in [6.07, 6.45) is 30.7. The molecular weight excluding hydrogens is 700 g/mol. The largest absolute Gasteiger partial charge is 0.462 e. The third-order valence-corrected chi connectivity index (χ3v) is 10.7. The summed E-state index contributed by atoms with van der Waals surface area (Å²) in [7, 11) is 0. The first kappa shape index (κ1) is 51.5. The van der Waals surface area contributed by atoms with Gasteiger partial charge in [-0.2, -0.15) is 0 Å². The van der Waals surface area contributed by atoms with E-state index in [1.54, 1.807) is 0 Å². The number of unbranched alkanes of at least 4 members (excludes halogenated alkanes) is 25. The Balaban J connectivity index is 2.33. The minimum atomic E-state index is -1.59. The highest BCUT2D eigenvalue weighted by Crippen LogP contribution is 2.23. The zero-order valence-corrected chi connectivity index (χ0v) is 35.2. The van der Waals surface area contributed by atoms with Crippen molar-refractivity contribution in [2.24, 2.45) is 0 Å². The smallest absolute Gasteiger partial charge is 0.306 e. The number of aliphatic hydroxyl groups is 4. The van der Waals surface area contributed by atoms with Gasteiger partial charge in [0.2, 0.25) is 0 Å². The van der Waals surface area contributed by atoms with E-state index in [1.807, 2.05) is 0 Å². The van der Waals surface area contributed by atoms with Crippen molar-refractivity contribution in [3.8, 4) is 0 Å². The highest BCUT2D eigenvalue weighted by molar-refractivity contribution is 5.70. The zero-order valence-electron chi connectivity index (χ0n) is 35.2. The van der Waals surface area contributed by atoms with Gasteiger partial charge in [-0.15, -0.1) is 0 Å². The summed E-state index contributed by atoms with van der Waals surface area (Å²) in [6, 6.07) is 0. The van der Waals surface area contributed by atoms with Crippen LogP contribution in [0.2, 0.25) is 0 Å². The first-order valence-electron chi connectivity index (χ1n) is 22.8. The number of hydrogen-bond donors (Lipinski definition) is 4. The van der Waals surface area contributed by atoms with Gasteiger partial charge in [-0.3, -0.25) is 9.59 Å². The number of hydrogen-bond acceptors (Lipinski definition) is 10. The van der Waals surface area contributed by atoms with E-state index in [0.29, 0.717) is 6.42 Å². The lowest BCUT2D eigenvalue weighted by molar-refractivity contribution is -0.305. The highest BCUT2D eigenvalue weighted by atomic mass is 16.7. The van der Waals surface area contributed by atoms with Crippen molar-refractivity contribution in [1.82, 2.24) is 0 Å². The molecule has 0 aromatic rings. The quantitative estimate of drug-likeness (QED) is 0.0271. The fourth-order valence-electron chi connectivity index (χ4n) is 7.01. The summed E-state index contributed by atoms with van der Waals surface area (Å²) < 4.78 is 22.1. The molecule has 1 fully saturated rings. The van der Waals surface area contributed by atoms with Gasteiger partial charge in [-0.1, -0.05) is 167 Å². The van der Waals surface area contributed by atoms with Crippen molar-refractivity contribution in [3.05, 3.63) is 12.2 Å². The second-order valence-electron chi connectivity index (χ2n) is 15.9. The van der Waals surface area contributed by atoms with Crippen molar-refractivity contribution >= 4 is 11.9 Å². The molecule has 1 rings (SSSR count). The normalized spacial score (nSPS) is 20.6. The molecule has 4 N–H and O–H groups in total. The molecule has 0 aromatic carbocycles. The van der Waals surface area contributed by atoms with E-state index in [2.05, 4.69) is 26.0 Å². The van der Waals surface area contributed by atoms with Gasteiger partial charge in [0.1, 0.15) is 31.0 Å². The zero-order chi connectivity index (χ0) is 40.2. The summed E-state index contributed by atoms with van der Waals surface area (Å²) in [5.74, 6) is -0.815. The lowest BCUT2D eigenvalue weighted by Gasteiger charge is -2.39. The average molecular weight is 785 g/mol. The van der Waals surface area contributed by atoms with Crippen LogP contribution in [0.5, 0.6) is 0 Å². The first-order valence-corrected chi connectivity index (χ1v) is 22.8. The standard InChI is InChI=1S/C45H84O10/c1-3-5-7-9-11-13-15-17-19-21-23-25-27-29-31-33-40(47)52-36-38(37-53-45-44(51)43(50)42(49)39(35-46)55-45)54-41(48)34-32-30-28-26-24-22-20-18-16-14-12-10-8-6-4-2/h22,24,38-39,42-46,49-51H,3-21,23,25-37H2,1-2H3/b24-22+/t38-,39-,42+,43?,44?,45-/m0/s1. The van der Waals surface area contributed by atoms with Crippen molar-refractivity contribution in [2.45, 2.75) is 243 Å². The predicted molar refractivity (Wildman–Crippen MR) is 220 cm³/mol. The first-order chi connectivity index (χ1) is 26.8. The maximum Gasteiger partial charge on any atom is 0.306 e. The third kappa shape index (κ3) is 28.5. The van der Waals surface area contributed by atoms with Gasteiger partial charge < -0.3 is 39.4 Å². The second kappa shape index (κ2) is 36.8. The number of carbonyl (C=O) groups excluding carboxylic acids is 2. The van der Waals surface area contributed by atoms with Crippen LogP contribution >= 0.6 is 0 Å². The lowest BCUT2D eigenvalue weighted by Crippen LogP contribution is -2.59. The van der Waals surface area contributed by atoms with Gasteiger partial charge in [0.15, 0.2) is 12.4 Å². The van der Waals surface area contributed by atoms with Crippen LogP contribution in [0.1, 0.15) is 206 Å². The minimum absolute atomic E-state index is 0.214. The van der Waals surface area contributed by atoms with Gasteiger partial charge >= 0.3 is 11.9 Å². The van der Waals surface area contributed by atoms with Crippen LogP contribution in [0.15, 0.2) is 12.2 Å². The van der Waals surface area contributed by atoms with E-state index >= 15 is 0 Å². The fraction of sp³-hybridized carbons (Fsp3) is 0.911. The molecule has 6 atom stereocenters. The van der Waals surface area contributed by atoms with E-state index < -0.39 is 49.4 Å². The van der Waals surface area contributed by atoms with Crippen LogP contribution in [0.3, 0.4) is 0 Å². The Morgan fingerprint density at radius 1 is 0.545 bits per heavy atom. The van der Waals surface area contributed by atoms with Crippen molar-refractivity contribution in [3.63, 3.8) is 0 Å². The van der Waals surface area contributed by atoms with Gasteiger partial charge in [-0.05, 0) is 38.5 Å². The van der Waals surface area contributed by atoms with E-state index in [9.17, 15) is 30.0 Å². The van der Waals surface area contributed by atoms with E-state index in [1.165, 1.54) is 128 Å². The number of rotatable bonds is 38. The predicted octanol–water partition coefficient (Wildman–Crippen LogP) is 9.56. The van der Waals surface area contributed by atoms with E-state index in [0.717, 1.165) is 44.9 Å². The van der Waals surface area contributed by atoms with Crippen LogP contribution in [0, 0.1) is 0 Å². The summed E-state index contributed by atoms with van der Waals surface area (Å²) in [5, 5.41) is 40.0. The van der Waals surface area contributed by atoms with Crippen LogP contribution in [0.25, 0.3) is 0 Å². The molecule has 0 amide bonds. The maximum absolute atomic E-state index is 12.8. The summed E-state index contributed by atoms with van der Waals surface area (Å²) in [4.78, 5) is 25.3. The third-order valence-electron chi connectivity index (χ3n) is 10.7. The molecule has 0 aromatic heterocycles. The van der Waals surface area contributed by atoms with Crippen molar-refractivity contribution in [1.29, 1.82) is 0 Å². The molecule has 10 heteroatoms. The summed E-state index contributed by atoms with van der Waals surface area (Å²) >= 11 is 0. The Bertz CT molecular complexity index is 912. The summed E-state index contributed by atoms with van der Waals surface area (Å²) in [6.45, 7) is 3.42. The molecule has 10 nitrogen and oxygen atoms in total. The molecule has 0 aliphatic carbocycles. The maximum atomic E-state index is 12.8. The Morgan fingerprint density at radius 3 is 1.44 bits per heavy atom. The lowest BCUT2D eigenvalue weighted by atomic mass is 9.99. The summed E-state index contributed by atoms with van der Waals surface area (Å²) in [5.41, 5.74) is 0. The average Bonchev–Trinajstić information content (AvgIpc) is 3.18. The van der Waals surface area contributed by atoms with Gasteiger partial charge in [0, 0.05) is 12.8 Å². The number of allylic oxidation sites excluding steroid dienone is 2. The molecular formula is C45H84O10. The SMILES string of the molecule is CCCCCCCCCC/C=C/CCCCCC(=O)O[C@@H](COC(=O)CCCCCCCCCCCCCCCCC)CO[C@H]1O[C@@H](CO)[C@@H](O)C(O)C1O. The molecule has 2 unspecified atom stereocenters. The number of aliphatic hydroxyl groups excluding tert-OH is 4. The Labute approximate surface area is 335 Å². The van der Waals surface area contributed by atoms with E-state index in [4.69, 9.17) is 18.9 Å². The molecule has 324 valence electrons. The molecule has 0 saturated carbocycles. The van der Waals surface area contributed by atoms with Crippen LogP contribution in [-0.4, -0.2) is 89.0 Å². The van der Waals surface area contributed by atoms with Crippen LogP contribution < -0.4 is 0 Å². The Morgan fingerprint density at radius 2 is 0.964 bits per heavy atom. The van der Waals surface area contributed by atoms with Gasteiger partial charge in [0.05, 0.1) is 13.2 Å². The Hall–Kier alpha value is -1.56. The van der Waals surface area contributed by atoms with Gasteiger partial charge in [-0.25, -0.2) is 0 Å². The molecule has 0 spiro atoms. The molecule has 1 aliphatic rings. The topological polar surface area (TPSA) is 152 Å². The molecule has 55 heavy (non-hydrogen) atoms. The number of ether oxygens (including phenoxy) is 4. The monoisotopic (exact) mass is 785 g/mol. The molecule has 0 bridgehead atoms. The highest BCUT2D eigenvalue weighted by Gasteiger charge is 2.44. The molecule has 1 saturated heterocycles. The Kier molecular flexibility index (Phi) is 34.4.